The Morgan fingerprint density at radius 2 is 1.75 bits per heavy atom. The summed E-state index contributed by atoms with van der Waals surface area (Å²) in [6.45, 7) is 5.42. The van der Waals surface area contributed by atoms with Crippen molar-refractivity contribution in [3.8, 4) is 5.75 Å². The van der Waals surface area contributed by atoms with Crippen molar-refractivity contribution in [3.05, 3.63) is 65.5 Å². The van der Waals surface area contributed by atoms with E-state index < -0.39 is 47.9 Å². The van der Waals surface area contributed by atoms with Gasteiger partial charge in [-0.15, -0.1) is 0 Å². The second kappa shape index (κ2) is 14.4. The maximum Gasteiger partial charge on any atom is 0.255 e. The van der Waals surface area contributed by atoms with E-state index in [2.05, 4.69) is 21.3 Å². The number of hydrogen-bond acceptors (Lipinski definition) is 6. The third-order valence-corrected chi connectivity index (χ3v) is 6.67. The number of halogens is 1. The minimum Gasteiger partial charge on any atom is -0.491 e. The minimum absolute atomic E-state index is 0.0292. The summed E-state index contributed by atoms with van der Waals surface area (Å²) in [6.07, 6.45) is -1.00. The lowest BCUT2D eigenvalue weighted by molar-refractivity contribution is -0.132. The number of aliphatic hydroxyl groups excluding tert-OH is 1. The zero-order valence-corrected chi connectivity index (χ0v) is 22.9. The first-order valence-electron chi connectivity index (χ1n) is 13.4. The molecule has 0 unspecified atom stereocenters. The van der Waals surface area contributed by atoms with Crippen molar-refractivity contribution in [2.24, 2.45) is 5.92 Å². The van der Waals surface area contributed by atoms with E-state index >= 15 is 0 Å². The third kappa shape index (κ3) is 8.77. The number of ether oxygens (including phenoxy) is 1. The Balaban J connectivity index is 1.82. The SMILES string of the molecule is CC(C)[C@H]1COc2ccccc2C(=O)N[C@H](C(=O)NCCc2ccc(F)cc2)CCC(=O)N[C@@H]([C@@H](C)O)C(=O)N1. The highest BCUT2D eigenvalue weighted by atomic mass is 19.1. The second-order valence-corrected chi connectivity index (χ2v) is 10.2. The second-order valence-electron chi connectivity index (χ2n) is 10.2. The summed E-state index contributed by atoms with van der Waals surface area (Å²) in [5, 5.41) is 21.0. The molecule has 3 rings (SSSR count). The number of carbonyl (C=O) groups excluding carboxylic acids is 4. The van der Waals surface area contributed by atoms with Crippen molar-refractivity contribution in [2.45, 2.75) is 64.3 Å². The van der Waals surface area contributed by atoms with Crippen LogP contribution in [0.25, 0.3) is 0 Å². The highest BCUT2D eigenvalue weighted by Crippen LogP contribution is 2.20. The molecule has 0 radical (unpaired) electrons. The molecular formula is C29H37FN4O6. The Hall–Kier alpha value is -3.99. The largest absolute Gasteiger partial charge is 0.491 e. The van der Waals surface area contributed by atoms with E-state index in [1.807, 2.05) is 13.8 Å². The van der Waals surface area contributed by atoms with Crippen LogP contribution < -0.4 is 26.0 Å². The van der Waals surface area contributed by atoms with Gasteiger partial charge in [-0.25, -0.2) is 4.39 Å². The first-order valence-corrected chi connectivity index (χ1v) is 13.4. The van der Waals surface area contributed by atoms with Gasteiger partial charge in [0.05, 0.1) is 17.7 Å². The van der Waals surface area contributed by atoms with Gasteiger partial charge >= 0.3 is 0 Å². The molecule has 0 fully saturated rings. The average molecular weight is 557 g/mol. The highest BCUT2D eigenvalue weighted by molar-refractivity contribution is 5.99. The molecule has 2 aromatic carbocycles. The van der Waals surface area contributed by atoms with Crippen LogP contribution in [0.1, 0.15) is 49.5 Å². The molecule has 5 N–H and O–H groups in total. The number of hydrogen-bond donors (Lipinski definition) is 5. The van der Waals surface area contributed by atoms with Crippen molar-refractivity contribution in [2.75, 3.05) is 13.2 Å². The van der Waals surface area contributed by atoms with E-state index in [-0.39, 0.29) is 49.0 Å². The van der Waals surface area contributed by atoms with Crippen molar-refractivity contribution in [3.63, 3.8) is 0 Å². The van der Waals surface area contributed by atoms with Gasteiger partial charge in [-0.05, 0) is 55.5 Å². The van der Waals surface area contributed by atoms with Crippen LogP contribution in [0.5, 0.6) is 5.75 Å². The van der Waals surface area contributed by atoms with Crippen molar-refractivity contribution in [1.29, 1.82) is 0 Å². The third-order valence-electron chi connectivity index (χ3n) is 6.67. The number of nitrogens with one attached hydrogen (secondary N) is 4. The van der Waals surface area contributed by atoms with Crippen LogP contribution in [0.3, 0.4) is 0 Å². The molecule has 4 atom stereocenters. The molecule has 0 aromatic heterocycles. The quantitative estimate of drug-likeness (QED) is 0.364. The lowest BCUT2D eigenvalue weighted by Crippen LogP contribution is -2.56. The monoisotopic (exact) mass is 556 g/mol. The van der Waals surface area contributed by atoms with E-state index in [0.29, 0.717) is 6.42 Å². The Morgan fingerprint density at radius 1 is 1.05 bits per heavy atom. The molecule has 1 aliphatic heterocycles. The maximum absolute atomic E-state index is 13.3. The van der Waals surface area contributed by atoms with E-state index in [1.165, 1.54) is 19.1 Å². The number of benzene rings is 2. The van der Waals surface area contributed by atoms with E-state index in [9.17, 15) is 28.7 Å². The van der Waals surface area contributed by atoms with Crippen LogP contribution in [0.2, 0.25) is 0 Å². The summed E-state index contributed by atoms with van der Waals surface area (Å²) in [5.74, 6) is -2.35. The Labute approximate surface area is 233 Å². The number of rotatable bonds is 6. The molecule has 216 valence electrons. The fraction of sp³-hybridized carbons (Fsp3) is 0.448. The van der Waals surface area contributed by atoms with Crippen molar-refractivity contribution >= 4 is 23.6 Å². The standard InChI is InChI=1S/C29H37FN4O6/c1-17(2)23-16-40-24-7-5-4-6-21(24)27(37)32-22(12-13-25(36)34-26(18(3)35)29(39)33-23)28(38)31-15-14-19-8-10-20(30)11-9-19/h4-11,17-18,22-23,26,35H,12-16H2,1-3H3,(H,31,38)(H,32,37)(H,33,39)(H,34,36)/t18-,22+,23-,26+/m1/s1. The molecular weight excluding hydrogens is 519 g/mol. The maximum atomic E-state index is 13.3. The van der Waals surface area contributed by atoms with Gasteiger partial charge < -0.3 is 31.1 Å². The zero-order chi connectivity index (χ0) is 29.2. The lowest BCUT2D eigenvalue weighted by atomic mass is 10.0. The molecule has 11 heteroatoms. The van der Waals surface area contributed by atoms with Gasteiger partial charge in [-0.1, -0.05) is 38.1 Å². The van der Waals surface area contributed by atoms with Gasteiger partial charge in [-0.2, -0.15) is 0 Å². The summed E-state index contributed by atoms with van der Waals surface area (Å²) in [5.41, 5.74) is 1.02. The van der Waals surface area contributed by atoms with Crippen LogP contribution in [0.4, 0.5) is 4.39 Å². The first kappa shape index (κ1) is 30.6. The van der Waals surface area contributed by atoms with Crippen LogP contribution in [-0.2, 0) is 20.8 Å². The smallest absolute Gasteiger partial charge is 0.255 e. The molecule has 0 aliphatic carbocycles. The number of amides is 4. The Kier molecular flexibility index (Phi) is 11.0. The average Bonchev–Trinajstić information content (AvgIpc) is 2.92. The zero-order valence-electron chi connectivity index (χ0n) is 22.9. The normalized spacial score (nSPS) is 21.4. The Morgan fingerprint density at radius 3 is 2.42 bits per heavy atom. The predicted octanol–water partition coefficient (Wildman–Crippen LogP) is 1.46. The van der Waals surface area contributed by atoms with Gasteiger partial charge in [0.15, 0.2) is 0 Å². The number of aliphatic hydroxyl groups is 1. The van der Waals surface area contributed by atoms with Gasteiger partial charge in [0.25, 0.3) is 5.91 Å². The fourth-order valence-corrected chi connectivity index (χ4v) is 4.17. The summed E-state index contributed by atoms with van der Waals surface area (Å²) in [6, 6.07) is 9.67. The van der Waals surface area contributed by atoms with Gasteiger partial charge in [0, 0.05) is 13.0 Å². The highest BCUT2D eigenvalue weighted by Gasteiger charge is 2.30. The van der Waals surface area contributed by atoms with E-state index in [0.717, 1.165) is 5.56 Å². The summed E-state index contributed by atoms with van der Waals surface area (Å²) < 4.78 is 19.1. The van der Waals surface area contributed by atoms with Gasteiger partial charge in [0.2, 0.25) is 17.7 Å². The minimum atomic E-state index is -1.22. The summed E-state index contributed by atoms with van der Waals surface area (Å²) in [4.78, 5) is 52.1. The van der Waals surface area contributed by atoms with Crippen molar-refractivity contribution in [1.82, 2.24) is 21.3 Å². The van der Waals surface area contributed by atoms with Crippen LogP contribution >= 0.6 is 0 Å². The molecule has 2 aromatic rings. The van der Waals surface area contributed by atoms with Crippen LogP contribution in [0, 0.1) is 11.7 Å². The summed E-state index contributed by atoms with van der Waals surface area (Å²) >= 11 is 0. The van der Waals surface area contributed by atoms with E-state index in [4.69, 9.17) is 4.74 Å². The first-order chi connectivity index (χ1) is 19.0. The Bertz CT molecular complexity index is 1190. The summed E-state index contributed by atoms with van der Waals surface area (Å²) in [7, 11) is 0. The van der Waals surface area contributed by atoms with E-state index in [1.54, 1.807) is 36.4 Å². The van der Waals surface area contributed by atoms with Gasteiger partial charge in [0.1, 0.15) is 30.3 Å². The molecule has 40 heavy (non-hydrogen) atoms. The molecule has 0 bridgehead atoms. The molecule has 0 saturated carbocycles. The molecule has 0 spiro atoms. The molecule has 1 aliphatic rings. The molecule has 0 saturated heterocycles. The number of para-hydroxylation sites is 1. The number of carbonyl (C=O) groups is 4. The van der Waals surface area contributed by atoms with Crippen LogP contribution in [0.15, 0.2) is 48.5 Å². The van der Waals surface area contributed by atoms with Gasteiger partial charge in [-0.3, -0.25) is 19.2 Å². The number of fused-ring (bicyclic) bond motifs is 1. The van der Waals surface area contributed by atoms with Crippen LogP contribution in [-0.4, -0.2) is 66.1 Å². The predicted molar refractivity (Wildman–Crippen MR) is 146 cm³/mol. The molecule has 4 amide bonds. The fourth-order valence-electron chi connectivity index (χ4n) is 4.17. The van der Waals surface area contributed by atoms with Crippen molar-refractivity contribution < 1.29 is 33.4 Å². The topological polar surface area (TPSA) is 146 Å². The lowest BCUT2D eigenvalue weighted by Gasteiger charge is -2.27. The molecule has 10 nitrogen and oxygen atoms in total. The molecule has 1 heterocycles.